The number of piperazine rings is 1. The summed E-state index contributed by atoms with van der Waals surface area (Å²) < 4.78 is 37.7. The lowest BCUT2D eigenvalue weighted by Crippen LogP contribution is -2.48. The molecule has 2 heterocycles. The van der Waals surface area contributed by atoms with Crippen molar-refractivity contribution in [1.82, 2.24) is 4.31 Å². The van der Waals surface area contributed by atoms with E-state index in [9.17, 15) is 8.42 Å². The maximum atomic E-state index is 12.6. The molecule has 0 bridgehead atoms. The maximum absolute atomic E-state index is 12.6. The van der Waals surface area contributed by atoms with Crippen molar-refractivity contribution in [3.8, 4) is 11.5 Å². The highest BCUT2D eigenvalue weighted by atomic mass is 32.2. The fraction of sp³-hybridized carbons (Fsp3) is 0.375. The lowest BCUT2D eigenvalue weighted by Gasteiger charge is -2.35. The first-order chi connectivity index (χ1) is 11.6. The average Bonchev–Trinajstić information content (AvgIpc) is 3.16. The van der Waals surface area contributed by atoms with Crippen LogP contribution in [0.25, 0.3) is 0 Å². The van der Waals surface area contributed by atoms with Crippen molar-refractivity contribution in [2.75, 3.05) is 45.3 Å². The van der Waals surface area contributed by atoms with Crippen LogP contribution in [0.4, 0.5) is 5.69 Å². The number of anilines is 1. The number of rotatable bonds is 5. The number of hydrogen-bond donors (Lipinski definition) is 0. The van der Waals surface area contributed by atoms with E-state index in [1.807, 2.05) is 18.2 Å². The molecule has 1 saturated heterocycles. The van der Waals surface area contributed by atoms with Crippen molar-refractivity contribution in [2.45, 2.75) is 4.21 Å². The van der Waals surface area contributed by atoms with Gasteiger partial charge in [0, 0.05) is 37.9 Å². The van der Waals surface area contributed by atoms with Gasteiger partial charge in [0.1, 0.15) is 4.21 Å². The monoisotopic (exact) mass is 368 g/mol. The van der Waals surface area contributed by atoms with Gasteiger partial charge in [0.05, 0.1) is 14.2 Å². The SMILES string of the molecule is COc1ccc(N2CCN(S(=O)(=O)c3cccs3)CC2)cc1OC. The number of sulfonamides is 1. The van der Waals surface area contributed by atoms with E-state index in [-0.39, 0.29) is 0 Å². The van der Waals surface area contributed by atoms with Crippen molar-refractivity contribution in [3.63, 3.8) is 0 Å². The Kier molecular flexibility index (Phi) is 4.98. The zero-order valence-electron chi connectivity index (χ0n) is 13.6. The van der Waals surface area contributed by atoms with E-state index in [0.717, 1.165) is 5.69 Å². The fourth-order valence-corrected chi connectivity index (χ4v) is 5.31. The molecule has 130 valence electrons. The standard InChI is InChI=1S/C16H20N2O4S2/c1-21-14-6-5-13(12-15(14)22-2)17-7-9-18(10-8-17)24(19,20)16-4-3-11-23-16/h3-6,11-12H,7-10H2,1-2H3. The maximum Gasteiger partial charge on any atom is 0.252 e. The van der Waals surface area contributed by atoms with Gasteiger partial charge in [-0.05, 0) is 23.6 Å². The van der Waals surface area contributed by atoms with Crippen LogP contribution in [0.5, 0.6) is 11.5 Å². The largest absolute Gasteiger partial charge is 0.493 e. The molecule has 6 nitrogen and oxygen atoms in total. The Morgan fingerprint density at radius 3 is 2.29 bits per heavy atom. The van der Waals surface area contributed by atoms with E-state index in [2.05, 4.69) is 4.90 Å². The minimum absolute atomic E-state index is 0.405. The zero-order valence-corrected chi connectivity index (χ0v) is 15.3. The summed E-state index contributed by atoms with van der Waals surface area (Å²) in [5, 5.41) is 1.78. The first kappa shape index (κ1) is 17.1. The van der Waals surface area contributed by atoms with Gasteiger partial charge in [0.15, 0.2) is 11.5 Å². The van der Waals surface area contributed by atoms with Crippen molar-refractivity contribution in [3.05, 3.63) is 35.7 Å². The van der Waals surface area contributed by atoms with Crippen LogP contribution in [-0.2, 0) is 10.0 Å². The minimum Gasteiger partial charge on any atom is -0.493 e. The molecule has 1 fully saturated rings. The summed E-state index contributed by atoms with van der Waals surface area (Å²) in [7, 11) is -0.160. The summed E-state index contributed by atoms with van der Waals surface area (Å²) in [6.45, 7) is 2.21. The highest BCUT2D eigenvalue weighted by molar-refractivity contribution is 7.91. The molecule has 3 rings (SSSR count). The molecular weight excluding hydrogens is 348 g/mol. The van der Waals surface area contributed by atoms with Crippen LogP contribution in [0, 0.1) is 0 Å². The lowest BCUT2D eigenvalue weighted by molar-refractivity contribution is 0.354. The number of nitrogens with zero attached hydrogens (tertiary/aromatic N) is 2. The third kappa shape index (κ3) is 3.22. The molecule has 24 heavy (non-hydrogen) atoms. The number of ether oxygens (including phenoxy) is 2. The van der Waals surface area contributed by atoms with Gasteiger partial charge in [-0.3, -0.25) is 0 Å². The molecular formula is C16H20N2O4S2. The van der Waals surface area contributed by atoms with Crippen molar-refractivity contribution in [2.24, 2.45) is 0 Å². The van der Waals surface area contributed by atoms with E-state index in [1.165, 1.54) is 11.3 Å². The molecule has 0 N–H and O–H groups in total. The predicted molar refractivity (Wildman–Crippen MR) is 94.8 cm³/mol. The Hall–Kier alpha value is -1.77. The summed E-state index contributed by atoms with van der Waals surface area (Å²) >= 11 is 1.26. The van der Waals surface area contributed by atoms with Crippen LogP contribution < -0.4 is 14.4 Å². The van der Waals surface area contributed by atoms with Gasteiger partial charge in [-0.2, -0.15) is 4.31 Å². The third-order valence-corrected chi connectivity index (χ3v) is 7.33. The van der Waals surface area contributed by atoms with Crippen LogP contribution in [0.3, 0.4) is 0 Å². The van der Waals surface area contributed by atoms with Crippen LogP contribution in [-0.4, -0.2) is 53.1 Å². The highest BCUT2D eigenvalue weighted by Crippen LogP contribution is 2.32. The van der Waals surface area contributed by atoms with Gasteiger partial charge in [-0.25, -0.2) is 8.42 Å². The fourth-order valence-electron chi connectivity index (χ4n) is 2.75. The third-order valence-electron chi connectivity index (χ3n) is 4.06. The Morgan fingerprint density at radius 2 is 1.71 bits per heavy atom. The molecule has 8 heteroatoms. The second-order valence-electron chi connectivity index (χ2n) is 5.36. The first-order valence-electron chi connectivity index (χ1n) is 7.57. The van der Waals surface area contributed by atoms with E-state index >= 15 is 0 Å². The summed E-state index contributed by atoms with van der Waals surface area (Å²) in [6.07, 6.45) is 0. The van der Waals surface area contributed by atoms with Crippen LogP contribution >= 0.6 is 11.3 Å². The molecule has 0 saturated carbocycles. The average molecular weight is 368 g/mol. The second kappa shape index (κ2) is 7.00. The Bertz CT molecular complexity index is 782. The summed E-state index contributed by atoms with van der Waals surface area (Å²) in [5.41, 5.74) is 1.00. The van der Waals surface area contributed by atoms with Crippen LogP contribution in [0.2, 0.25) is 0 Å². The quantitative estimate of drug-likeness (QED) is 0.810. The van der Waals surface area contributed by atoms with Crippen LogP contribution in [0.15, 0.2) is 39.9 Å². The van der Waals surface area contributed by atoms with Crippen LogP contribution in [0.1, 0.15) is 0 Å². The number of thiophene rings is 1. The second-order valence-corrected chi connectivity index (χ2v) is 8.47. The molecule has 0 aliphatic carbocycles. The first-order valence-corrected chi connectivity index (χ1v) is 9.89. The van der Waals surface area contributed by atoms with E-state index in [4.69, 9.17) is 9.47 Å². The molecule has 0 unspecified atom stereocenters. The number of hydrogen-bond acceptors (Lipinski definition) is 6. The van der Waals surface area contributed by atoms with Crippen molar-refractivity contribution in [1.29, 1.82) is 0 Å². The number of benzene rings is 1. The molecule has 2 aromatic rings. The molecule has 0 spiro atoms. The minimum atomic E-state index is -3.37. The summed E-state index contributed by atoms with van der Waals surface area (Å²) in [6, 6.07) is 9.16. The highest BCUT2D eigenvalue weighted by Gasteiger charge is 2.29. The van der Waals surface area contributed by atoms with Gasteiger partial charge < -0.3 is 14.4 Å². The zero-order chi connectivity index (χ0) is 17.2. The molecule has 0 amide bonds. The van der Waals surface area contributed by atoms with E-state index in [0.29, 0.717) is 41.9 Å². The molecule has 0 atom stereocenters. The molecule has 1 aliphatic rings. The van der Waals surface area contributed by atoms with Gasteiger partial charge in [0.2, 0.25) is 0 Å². The lowest BCUT2D eigenvalue weighted by atomic mass is 10.2. The Balaban J connectivity index is 1.71. The topological polar surface area (TPSA) is 59.1 Å². The smallest absolute Gasteiger partial charge is 0.252 e. The van der Waals surface area contributed by atoms with Crippen molar-refractivity contribution < 1.29 is 17.9 Å². The predicted octanol–water partition coefficient (Wildman–Crippen LogP) is 2.28. The van der Waals surface area contributed by atoms with E-state index < -0.39 is 10.0 Å². The van der Waals surface area contributed by atoms with Gasteiger partial charge in [-0.1, -0.05) is 6.07 Å². The Morgan fingerprint density at radius 1 is 1.00 bits per heavy atom. The molecule has 1 aromatic carbocycles. The van der Waals surface area contributed by atoms with E-state index in [1.54, 1.807) is 36.0 Å². The molecule has 1 aromatic heterocycles. The molecule has 1 aliphatic heterocycles. The Labute approximate surface area is 146 Å². The van der Waals surface area contributed by atoms with Gasteiger partial charge >= 0.3 is 0 Å². The van der Waals surface area contributed by atoms with Crippen molar-refractivity contribution >= 4 is 27.0 Å². The normalized spacial score (nSPS) is 16.2. The van der Waals surface area contributed by atoms with Gasteiger partial charge in [0.25, 0.3) is 10.0 Å². The van der Waals surface area contributed by atoms with Gasteiger partial charge in [-0.15, -0.1) is 11.3 Å². The summed E-state index contributed by atoms with van der Waals surface area (Å²) in [4.78, 5) is 2.16. The summed E-state index contributed by atoms with van der Waals surface area (Å²) in [5.74, 6) is 1.35. The number of methoxy groups -OCH3 is 2. The molecule has 0 radical (unpaired) electrons.